The molecule has 0 heterocycles. The van der Waals surface area contributed by atoms with Crippen LogP contribution in [0.1, 0.15) is 67.8 Å². The van der Waals surface area contributed by atoms with Gasteiger partial charge >= 0.3 is 0 Å². The van der Waals surface area contributed by atoms with Crippen LogP contribution in [-0.4, -0.2) is 32.5 Å². The fraction of sp³-hybridized carbons (Fsp3) is 0.462. The van der Waals surface area contributed by atoms with Crippen molar-refractivity contribution in [2.24, 2.45) is 0 Å². The van der Waals surface area contributed by atoms with Gasteiger partial charge in [-0.05, 0) is 71.0 Å². The Kier molecular flexibility index (Phi) is 12.1. The number of carbonyl (C=O) groups excluding carboxylic acids is 2. The number of methoxy groups -OCH3 is 2. The molecule has 7 heteroatoms. The van der Waals surface area contributed by atoms with Gasteiger partial charge in [0.05, 0.1) is 14.2 Å². The van der Waals surface area contributed by atoms with E-state index in [1.54, 1.807) is 38.5 Å². The zero-order valence-corrected chi connectivity index (χ0v) is 21.9. The highest BCUT2D eigenvalue weighted by atomic mass is 127. The topological polar surface area (TPSA) is 73.9 Å². The summed E-state index contributed by atoms with van der Waals surface area (Å²) in [4.78, 5) is 24.6. The van der Waals surface area contributed by atoms with Crippen LogP contribution in [0.3, 0.4) is 0 Å². The Labute approximate surface area is 210 Å². The van der Waals surface area contributed by atoms with Crippen molar-refractivity contribution in [1.29, 1.82) is 0 Å². The Hall–Kier alpha value is -2.29. The van der Waals surface area contributed by atoms with E-state index in [0.29, 0.717) is 35.8 Å². The van der Waals surface area contributed by atoms with Crippen LogP contribution in [0.4, 0.5) is 0 Å². The molecular weight excluding hydrogens is 533 g/mol. The molecule has 6 nitrogen and oxygen atoms in total. The van der Waals surface area contributed by atoms with Gasteiger partial charge in [-0.1, -0.05) is 39.0 Å². The summed E-state index contributed by atoms with van der Waals surface area (Å²) in [7, 11) is 3.14. The molecule has 0 saturated heterocycles. The number of ether oxygens (including phenoxy) is 3. The molecule has 1 N–H and O–H groups in total. The maximum Gasteiger partial charge on any atom is 0.220 e. The zero-order valence-electron chi connectivity index (χ0n) is 19.7. The molecule has 1 amide bonds. The molecule has 0 bridgehead atoms. The molecule has 0 aliphatic heterocycles. The molecule has 0 spiro atoms. The van der Waals surface area contributed by atoms with Crippen LogP contribution in [-0.2, 0) is 11.3 Å². The molecule has 0 unspecified atom stereocenters. The maximum absolute atomic E-state index is 12.5. The highest BCUT2D eigenvalue weighted by Crippen LogP contribution is 2.32. The van der Waals surface area contributed by atoms with E-state index in [1.807, 2.05) is 12.1 Å². The smallest absolute Gasteiger partial charge is 0.220 e. The molecule has 0 aliphatic rings. The van der Waals surface area contributed by atoms with Gasteiger partial charge in [0.2, 0.25) is 5.91 Å². The van der Waals surface area contributed by atoms with E-state index in [4.69, 9.17) is 14.2 Å². The Morgan fingerprint density at radius 3 is 2.27 bits per heavy atom. The van der Waals surface area contributed by atoms with Gasteiger partial charge in [-0.15, -0.1) is 0 Å². The van der Waals surface area contributed by atoms with Gasteiger partial charge in [-0.2, -0.15) is 0 Å². The zero-order chi connectivity index (χ0) is 24.1. The maximum atomic E-state index is 12.5. The second-order valence-corrected chi connectivity index (χ2v) is 8.99. The van der Waals surface area contributed by atoms with Crippen molar-refractivity contribution >= 4 is 34.3 Å². The van der Waals surface area contributed by atoms with Crippen molar-refractivity contribution in [2.45, 2.75) is 58.4 Å². The average Bonchev–Trinajstić information content (AvgIpc) is 2.84. The lowest BCUT2D eigenvalue weighted by Gasteiger charge is -2.14. The first-order valence-electron chi connectivity index (χ1n) is 11.4. The minimum atomic E-state index is -0.138. The third-order valence-electron chi connectivity index (χ3n) is 5.34. The normalized spacial score (nSPS) is 10.5. The summed E-state index contributed by atoms with van der Waals surface area (Å²) in [5, 5.41) is 2.99. The lowest BCUT2D eigenvalue weighted by Crippen LogP contribution is -2.23. The number of hydrogen-bond donors (Lipinski definition) is 1. The number of Topliss-reactive ketones (excluding diaryl/α,β-unsaturated/α-hetero) is 1. The van der Waals surface area contributed by atoms with Crippen LogP contribution in [0, 0.1) is 3.57 Å². The second-order valence-electron chi connectivity index (χ2n) is 7.83. The fourth-order valence-corrected chi connectivity index (χ4v) is 3.97. The molecule has 0 atom stereocenters. The van der Waals surface area contributed by atoms with E-state index in [1.165, 1.54) is 25.7 Å². The van der Waals surface area contributed by atoms with Gasteiger partial charge < -0.3 is 19.5 Å². The van der Waals surface area contributed by atoms with Crippen LogP contribution >= 0.6 is 22.6 Å². The monoisotopic (exact) mass is 567 g/mol. The number of unbranched alkanes of at least 4 members (excludes halogenated alkanes) is 5. The average molecular weight is 567 g/mol. The summed E-state index contributed by atoms with van der Waals surface area (Å²) >= 11 is 2.20. The van der Waals surface area contributed by atoms with Gasteiger partial charge in [0.1, 0.15) is 5.75 Å². The van der Waals surface area contributed by atoms with Crippen molar-refractivity contribution in [3.8, 4) is 17.2 Å². The standard InChI is InChI=1S/C26H34INO5/c1-4-5-6-7-8-9-10-26(30)28-17-20-15-24(32-3)25(16-22(20)27)33-18-23(29)19-11-13-21(31-2)14-12-19/h11-16H,4-10,17-18H2,1-3H3,(H,28,30). The summed E-state index contributed by atoms with van der Waals surface area (Å²) in [6.07, 6.45) is 7.50. The number of hydrogen-bond acceptors (Lipinski definition) is 5. The highest BCUT2D eigenvalue weighted by molar-refractivity contribution is 14.1. The molecule has 0 fully saturated rings. The molecule has 0 aromatic heterocycles. The summed E-state index contributed by atoms with van der Waals surface area (Å²) in [6.45, 7) is 2.52. The molecule has 180 valence electrons. The number of rotatable bonds is 15. The van der Waals surface area contributed by atoms with Crippen LogP contribution in [0.15, 0.2) is 36.4 Å². The summed E-state index contributed by atoms with van der Waals surface area (Å²) < 4.78 is 17.3. The van der Waals surface area contributed by atoms with Crippen molar-refractivity contribution < 1.29 is 23.8 Å². The van der Waals surface area contributed by atoms with Crippen LogP contribution in [0.2, 0.25) is 0 Å². The van der Waals surface area contributed by atoms with Gasteiger partial charge in [-0.3, -0.25) is 9.59 Å². The quantitative estimate of drug-likeness (QED) is 0.164. The Morgan fingerprint density at radius 2 is 1.61 bits per heavy atom. The first kappa shape index (κ1) is 27.0. The molecule has 33 heavy (non-hydrogen) atoms. The third kappa shape index (κ3) is 9.23. The van der Waals surface area contributed by atoms with E-state index >= 15 is 0 Å². The van der Waals surface area contributed by atoms with Crippen LogP contribution in [0.5, 0.6) is 17.2 Å². The highest BCUT2D eigenvalue weighted by Gasteiger charge is 2.14. The largest absolute Gasteiger partial charge is 0.497 e. The number of carbonyl (C=O) groups is 2. The lowest BCUT2D eigenvalue weighted by atomic mass is 10.1. The van der Waals surface area contributed by atoms with Gasteiger partial charge in [0, 0.05) is 22.1 Å². The third-order valence-corrected chi connectivity index (χ3v) is 6.34. The van der Waals surface area contributed by atoms with Crippen molar-refractivity contribution in [3.63, 3.8) is 0 Å². The van der Waals surface area contributed by atoms with E-state index in [2.05, 4.69) is 34.8 Å². The molecule has 2 rings (SSSR count). The van der Waals surface area contributed by atoms with Crippen molar-refractivity contribution in [2.75, 3.05) is 20.8 Å². The number of halogens is 1. The minimum absolute atomic E-state index is 0.0608. The lowest BCUT2D eigenvalue weighted by molar-refractivity contribution is -0.121. The summed E-state index contributed by atoms with van der Waals surface area (Å²) in [5.41, 5.74) is 1.49. The molecule has 2 aromatic rings. The fourth-order valence-electron chi connectivity index (χ4n) is 3.34. The molecule has 2 aromatic carbocycles. The van der Waals surface area contributed by atoms with Gasteiger partial charge in [0.25, 0.3) is 0 Å². The predicted molar refractivity (Wildman–Crippen MR) is 138 cm³/mol. The van der Waals surface area contributed by atoms with E-state index in [9.17, 15) is 9.59 Å². The van der Waals surface area contributed by atoms with Crippen LogP contribution < -0.4 is 19.5 Å². The molecule has 0 aliphatic carbocycles. The second kappa shape index (κ2) is 14.8. The first-order chi connectivity index (χ1) is 16.0. The molecule has 0 radical (unpaired) electrons. The van der Waals surface area contributed by atoms with E-state index < -0.39 is 0 Å². The summed E-state index contributed by atoms with van der Waals surface area (Å²) in [6, 6.07) is 10.6. The molecule has 0 saturated carbocycles. The minimum Gasteiger partial charge on any atom is -0.497 e. The van der Waals surface area contributed by atoms with Gasteiger partial charge in [-0.25, -0.2) is 0 Å². The summed E-state index contributed by atoms with van der Waals surface area (Å²) in [5.74, 6) is 1.63. The first-order valence-corrected chi connectivity index (χ1v) is 12.5. The van der Waals surface area contributed by atoms with Crippen molar-refractivity contribution in [3.05, 3.63) is 51.1 Å². The number of benzene rings is 2. The van der Waals surface area contributed by atoms with Crippen LogP contribution in [0.25, 0.3) is 0 Å². The Morgan fingerprint density at radius 1 is 0.909 bits per heavy atom. The number of amides is 1. The Bertz CT molecular complexity index is 898. The Balaban J connectivity index is 1.87. The van der Waals surface area contributed by atoms with Gasteiger partial charge in [0.15, 0.2) is 23.9 Å². The SMILES string of the molecule is CCCCCCCCC(=O)NCc1cc(OC)c(OCC(=O)c2ccc(OC)cc2)cc1I. The van der Waals surface area contributed by atoms with E-state index in [0.717, 1.165) is 22.0 Å². The van der Waals surface area contributed by atoms with Crippen molar-refractivity contribution in [1.82, 2.24) is 5.32 Å². The van der Waals surface area contributed by atoms with E-state index in [-0.39, 0.29) is 18.3 Å². The predicted octanol–water partition coefficient (Wildman–Crippen LogP) is 5.94. The number of nitrogens with one attached hydrogen (secondary N) is 1. The number of ketones is 1. The molecular formula is C26H34INO5.